The van der Waals surface area contributed by atoms with Crippen LogP contribution < -0.4 is 0 Å². The van der Waals surface area contributed by atoms with Crippen LogP contribution in [0.2, 0.25) is 10.0 Å². The first kappa shape index (κ1) is 11.1. The largest absolute Gasteiger partial charge is 0.388 e. The van der Waals surface area contributed by atoms with E-state index in [1.807, 2.05) is 0 Å². The minimum Gasteiger partial charge on any atom is -0.388 e. The van der Waals surface area contributed by atoms with E-state index in [0.717, 1.165) is 0 Å². The third-order valence-corrected chi connectivity index (χ3v) is 2.39. The molecule has 0 spiro atoms. The second-order valence-electron chi connectivity index (χ2n) is 2.60. The molecule has 0 aliphatic rings. The van der Waals surface area contributed by atoms with Crippen molar-refractivity contribution in [2.45, 2.75) is 6.10 Å². The van der Waals surface area contributed by atoms with Gasteiger partial charge in [-0.15, -0.1) is 0 Å². The van der Waals surface area contributed by atoms with Gasteiger partial charge in [-0.05, 0) is 23.2 Å². The average molecular weight is 232 g/mol. The van der Waals surface area contributed by atoms with E-state index in [2.05, 4.69) is 10.0 Å². The standard InChI is InChI=1S/C8H7Cl2N3O/c9-6-2-1-5(3-7(6)10)8(14)4-12-13-11/h1-3,8,14H,4H2/t8-/m1/s1. The molecule has 1 N–H and O–H groups in total. The van der Waals surface area contributed by atoms with Gasteiger partial charge in [-0.1, -0.05) is 34.4 Å². The molecule has 0 aliphatic carbocycles. The fourth-order valence-electron chi connectivity index (χ4n) is 0.939. The van der Waals surface area contributed by atoms with Gasteiger partial charge in [0.2, 0.25) is 0 Å². The van der Waals surface area contributed by atoms with Gasteiger partial charge in [-0.2, -0.15) is 0 Å². The summed E-state index contributed by atoms with van der Waals surface area (Å²) >= 11 is 11.4. The normalized spacial score (nSPS) is 11.9. The van der Waals surface area contributed by atoms with Crippen molar-refractivity contribution in [1.82, 2.24) is 0 Å². The monoisotopic (exact) mass is 231 g/mol. The van der Waals surface area contributed by atoms with Crippen molar-refractivity contribution in [1.29, 1.82) is 0 Å². The summed E-state index contributed by atoms with van der Waals surface area (Å²) in [4.78, 5) is 2.55. The van der Waals surface area contributed by atoms with Crippen molar-refractivity contribution >= 4 is 23.2 Å². The first-order valence-corrected chi connectivity index (χ1v) is 4.54. The number of nitrogens with zero attached hydrogens (tertiary/aromatic N) is 3. The summed E-state index contributed by atoms with van der Waals surface area (Å²) in [6, 6.07) is 4.76. The molecular weight excluding hydrogens is 225 g/mol. The summed E-state index contributed by atoms with van der Waals surface area (Å²) in [6.07, 6.45) is -0.847. The maximum atomic E-state index is 9.50. The number of rotatable bonds is 3. The molecular formula is C8H7Cl2N3O. The summed E-state index contributed by atoms with van der Waals surface area (Å²) in [7, 11) is 0. The minimum absolute atomic E-state index is 0.0194. The van der Waals surface area contributed by atoms with Gasteiger partial charge in [0.05, 0.1) is 22.7 Å². The zero-order valence-electron chi connectivity index (χ0n) is 7.06. The molecule has 1 aromatic rings. The van der Waals surface area contributed by atoms with Crippen LogP contribution in [-0.4, -0.2) is 11.7 Å². The lowest BCUT2D eigenvalue weighted by atomic mass is 10.1. The van der Waals surface area contributed by atoms with Crippen LogP contribution in [0, 0.1) is 0 Å². The topological polar surface area (TPSA) is 69.0 Å². The van der Waals surface area contributed by atoms with Crippen LogP contribution in [0.25, 0.3) is 10.4 Å². The Morgan fingerprint density at radius 3 is 2.71 bits per heavy atom. The number of benzene rings is 1. The van der Waals surface area contributed by atoms with Crippen LogP contribution in [-0.2, 0) is 0 Å². The van der Waals surface area contributed by atoms with E-state index >= 15 is 0 Å². The van der Waals surface area contributed by atoms with Gasteiger partial charge >= 0.3 is 0 Å². The maximum absolute atomic E-state index is 9.50. The molecule has 1 atom stereocenters. The molecule has 0 saturated carbocycles. The first-order valence-electron chi connectivity index (χ1n) is 3.79. The molecule has 4 nitrogen and oxygen atoms in total. The summed E-state index contributed by atoms with van der Waals surface area (Å²) in [5.74, 6) is 0. The Bertz CT molecular complexity index is 377. The van der Waals surface area contributed by atoms with E-state index in [9.17, 15) is 5.11 Å². The summed E-state index contributed by atoms with van der Waals surface area (Å²) in [5, 5.41) is 13.5. The fourth-order valence-corrected chi connectivity index (χ4v) is 1.25. The lowest BCUT2D eigenvalue weighted by molar-refractivity contribution is 0.187. The third-order valence-electron chi connectivity index (χ3n) is 1.65. The number of hydrogen-bond acceptors (Lipinski definition) is 2. The van der Waals surface area contributed by atoms with Crippen LogP contribution >= 0.6 is 23.2 Å². The highest BCUT2D eigenvalue weighted by Gasteiger charge is 2.07. The first-order chi connectivity index (χ1) is 6.65. The Morgan fingerprint density at radius 2 is 2.14 bits per heavy atom. The van der Waals surface area contributed by atoms with Crippen molar-refractivity contribution in [3.8, 4) is 0 Å². The summed E-state index contributed by atoms with van der Waals surface area (Å²) in [5.41, 5.74) is 8.64. The van der Waals surface area contributed by atoms with Crippen LogP contribution in [0.4, 0.5) is 0 Å². The van der Waals surface area contributed by atoms with E-state index in [-0.39, 0.29) is 6.54 Å². The quantitative estimate of drug-likeness (QED) is 0.484. The Kier molecular flexibility index (Phi) is 4.04. The van der Waals surface area contributed by atoms with Gasteiger partial charge in [0, 0.05) is 4.91 Å². The molecule has 0 heterocycles. The van der Waals surface area contributed by atoms with Gasteiger partial charge in [-0.25, -0.2) is 0 Å². The average Bonchev–Trinajstić information content (AvgIpc) is 2.18. The highest BCUT2D eigenvalue weighted by Crippen LogP contribution is 2.25. The van der Waals surface area contributed by atoms with Gasteiger partial charge < -0.3 is 5.11 Å². The highest BCUT2D eigenvalue weighted by atomic mass is 35.5. The molecule has 0 aromatic heterocycles. The van der Waals surface area contributed by atoms with E-state index in [1.165, 1.54) is 0 Å². The maximum Gasteiger partial charge on any atom is 0.0846 e. The lowest BCUT2D eigenvalue weighted by Crippen LogP contribution is -2.00. The van der Waals surface area contributed by atoms with Gasteiger partial charge in [0.15, 0.2) is 0 Å². The second kappa shape index (κ2) is 5.08. The zero-order valence-corrected chi connectivity index (χ0v) is 8.57. The molecule has 0 radical (unpaired) electrons. The number of aliphatic hydroxyl groups excluding tert-OH is 1. The number of azide groups is 1. The molecule has 0 amide bonds. The number of aliphatic hydroxyl groups is 1. The predicted molar refractivity (Wildman–Crippen MR) is 55.4 cm³/mol. The van der Waals surface area contributed by atoms with Gasteiger partial charge in [0.25, 0.3) is 0 Å². The van der Waals surface area contributed by atoms with Crippen molar-refractivity contribution < 1.29 is 5.11 Å². The van der Waals surface area contributed by atoms with E-state index in [0.29, 0.717) is 15.6 Å². The van der Waals surface area contributed by atoms with Crippen LogP contribution in [0.5, 0.6) is 0 Å². The van der Waals surface area contributed by atoms with Crippen molar-refractivity contribution in [3.05, 3.63) is 44.3 Å². The van der Waals surface area contributed by atoms with Crippen LogP contribution in [0.3, 0.4) is 0 Å². The molecule has 0 unspecified atom stereocenters. The fraction of sp³-hybridized carbons (Fsp3) is 0.250. The lowest BCUT2D eigenvalue weighted by Gasteiger charge is -2.08. The number of halogens is 2. The molecule has 6 heteroatoms. The van der Waals surface area contributed by atoms with Crippen LogP contribution in [0.1, 0.15) is 11.7 Å². The smallest absolute Gasteiger partial charge is 0.0846 e. The molecule has 74 valence electrons. The SMILES string of the molecule is [N-]=[N+]=NC[C@@H](O)c1ccc(Cl)c(Cl)c1. The minimum atomic E-state index is -0.847. The van der Waals surface area contributed by atoms with Crippen molar-refractivity contribution in [3.63, 3.8) is 0 Å². The van der Waals surface area contributed by atoms with E-state index < -0.39 is 6.10 Å². The van der Waals surface area contributed by atoms with E-state index in [1.54, 1.807) is 18.2 Å². The molecule has 1 rings (SSSR count). The predicted octanol–water partition coefficient (Wildman–Crippen LogP) is 3.34. The molecule has 1 aromatic carbocycles. The summed E-state index contributed by atoms with van der Waals surface area (Å²) in [6.45, 7) is -0.0194. The highest BCUT2D eigenvalue weighted by molar-refractivity contribution is 6.42. The molecule has 0 saturated heterocycles. The van der Waals surface area contributed by atoms with Gasteiger partial charge in [0.1, 0.15) is 0 Å². The second-order valence-corrected chi connectivity index (χ2v) is 3.42. The van der Waals surface area contributed by atoms with Crippen LogP contribution in [0.15, 0.2) is 23.3 Å². The van der Waals surface area contributed by atoms with Gasteiger partial charge in [-0.3, -0.25) is 0 Å². The van der Waals surface area contributed by atoms with Crippen molar-refractivity contribution in [2.24, 2.45) is 5.11 Å². The third kappa shape index (κ3) is 2.79. The molecule has 14 heavy (non-hydrogen) atoms. The zero-order chi connectivity index (χ0) is 10.6. The van der Waals surface area contributed by atoms with Crippen molar-refractivity contribution in [2.75, 3.05) is 6.54 Å². The Morgan fingerprint density at radius 1 is 1.43 bits per heavy atom. The summed E-state index contributed by atoms with van der Waals surface area (Å²) < 4.78 is 0. The molecule has 0 aliphatic heterocycles. The number of hydrogen-bond donors (Lipinski definition) is 1. The Balaban J connectivity index is 2.85. The van der Waals surface area contributed by atoms with E-state index in [4.69, 9.17) is 28.7 Å². The Labute approximate surface area is 90.7 Å². The molecule has 0 fully saturated rings. The Hall–Kier alpha value is -0.930. The molecule has 0 bridgehead atoms.